The molecule has 5 aromatic rings. The molecule has 22 heteroatoms. The van der Waals surface area contributed by atoms with Crippen LogP contribution in [0.5, 0.6) is 0 Å². The normalized spacial score (nSPS) is 20.1. The van der Waals surface area contributed by atoms with Crippen LogP contribution in [0.25, 0.3) is 23.3 Å². The summed E-state index contributed by atoms with van der Waals surface area (Å²) in [4.78, 5) is 1.65. The van der Waals surface area contributed by atoms with Gasteiger partial charge in [-0.05, 0) is 55.7 Å². The lowest BCUT2D eigenvalue weighted by atomic mass is 10.1. The van der Waals surface area contributed by atoms with Crippen LogP contribution in [-0.4, -0.2) is 26.2 Å². The van der Waals surface area contributed by atoms with Gasteiger partial charge in [0.2, 0.25) is 13.1 Å². The maximum atomic E-state index is 17.0. The molecule has 0 saturated carbocycles. The molecule has 0 fully saturated rings. The number of halogens is 20. The van der Waals surface area contributed by atoms with E-state index in [0.29, 0.717) is 0 Å². The molecule has 1 N–H and O–H groups in total. The minimum atomic E-state index is -7.79. The number of hydrogen-bond acceptors (Lipinski definition) is 0. The Kier molecular flexibility index (Phi) is 14.7. The number of allylic oxidation sites excluding steroid dienone is 4. The van der Waals surface area contributed by atoms with Gasteiger partial charge in [0.1, 0.15) is 29.0 Å². The molecular weight excluding hydrogens is 1030 g/mol. The van der Waals surface area contributed by atoms with Crippen molar-refractivity contribution in [1.29, 1.82) is 0 Å². The van der Waals surface area contributed by atoms with Crippen LogP contribution >= 0.6 is 0 Å². The molecular formula is C51H34AlF20N. The van der Waals surface area contributed by atoms with Gasteiger partial charge in [-0.15, -0.1) is 0 Å². The molecule has 9 rings (SSSR count). The summed E-state index contributed by atoms with van der Waals surface area (Å²) in [5, 5.41) is 0. The third kappa shape index (κ3) is 8.12. The molecule has 0 saturated heterocycles. The van der Waals surface area contributed by atoms with Crippen molar-refractivity contribution in [3.8, 4) is 0 Å². The molecule has 4 aliphatic carbocycles. The largest absolute Gasteiger partial charge is 0.303 e. The predicted octanol–water partition coefficient (Wildman–Crippen LogP) is 16.1. The minimum absolute atomic E-state index is 0.349. The van der Waals surface area contributed by atoms with Crippen molar-refractivity contribution in [3.63, 3.8) is 0 Å². The average molecular weight is 1070 g/mol. The zero-order valence-corrected chi connectivity index (χ0v) is 38.7. The summed E-state index contributed by atoms with van der Waals surface area (Å²) < 4.78 is 298. The van der Waals surface area contributed by atoms with Gasteiger partial charge in [-0.1, -0.05) is 86.3 Å². The molecule has 0 amide bonds. The van der Waals surface area contributed by atoms with E-state index in [1.165, 1.54) is 50.9 Å². The number of para-hydroxylation sites is 1. The lowest BCUT2D eigenvalue weighted by molar-refractivity contribution is -0.833. The van der Waals surface area contributed by atoms with Crippen molar-refractivity contribution < 1.29 is 92.7 Å². The Hall–Kier alpha value is -5.85. The van der Waals surface area contributed by atoms with Crippen molar-refractivity contribution in [1.82, 2.24) is 0 Å². The zero-order chi connectivity index (χ0) is 53.4. The van der Waals surface area contributed by atoms with Crippen LogP contribution in [0.4, 0.5) is 93.5 Å². The fraction of sp³-hybridized carbons (Fsp3) is 0.255. The van der Waals surface area contributed by atoms with Gasteiger partial charge in [0.05, 0.1) is 35.3 Å². The Balaban J connectivity index is 0.000000381. The van der Waals surface area contributed by atoms with Crippen LogP contribution in [0, 0.1) is 69.8 Å². The van der Waals surface area contributed by atoms with Crippen LogP contribution in [0.2, 0.25) is 0 Å². The third-order valence-corrected chi connectivity index (χ3v) is 21.5. The molecule has 0 aromatic heterocycles. The monoisotopic (exact) mass is 1070 g/mol. The molecule has 386 valence electrons. The molecule has 1 nitrogen and oxygen atoms in total. The van der Waals surface area contributed by atoms with Crippen LogP contribution in [0.1, 0.15) is 110 Å². The Morgan fingerprint density at radius 1 is 0.356 bits per heavy atom. The first-order chi connectivity index (χ1) is 34.5. The first kappa shape index (κ1) is 53.4. The second kappa shape index (κ2) is 20.1. The molecule has 5 aromatic carbocycles. The fourth-order valence-corrected chi connectivity index (χ4v) is 19.9. The Morgan fingerprint density at radius 3 is 0.932 bits per heavy atom. The van der Waals surface area contributed by atoms with Gasteiger partial charge in [-0.3, -0.25) is 0 Å². The Bertz CT molecular complexity index is 2870. The fourth-order valence-electron chi connectivity index (χ4n) is 11.5. The third-order valence-electron chi connectivity index (χ3n) is 14.3. The smallest absolute Gasteiger partial charge is 0.206 e. The summed E-state index contributed by atoms with van der Waals surface area (Å²) in [5.41, 5.74) is -13.7. The van der Waals surface area contributed by atoms with Gasteiger partial charge >= 0.3 is 0 Å². The van der Waals surface area contributed by atoms with E-state index in [1.54, 1.807) is 4.90 Å². The molecule has 5 unspecified atom stereocenters. The maximum Gasteiger partial charge on any atom is 0.206 e. The highest BCUT2D eigenvalue weighted by atomic mass is 27.2. The summed E-state index contributed by atoms with van der Waals surface area (Å²) in [6.07, 6.45) is 6.72. The number of hydrogen-bond donors (Lipinski definition) is 1. The van der Waals surface area contributed by atoms with Crippen molar-refractivity contribution in [2.75, 3.05) is 13.1 Å². The standard InChI is InChI=1S/C15H25N.4C9H2F5.Al/c1-3-5-6-10-14-16(13-4-2)15-11-8-7-9-12-15;4*10-4-1-3-2-5(11)8(13)9(14)6(3)7(4)12;/h7-9,11-12H,3-6,10,13-14H2,1-2H3;4*1-2H;/q;;;;;-1/p+1. The van der Waals surface area contributed by atoms with Gasteiger partial charge < -0.3 is 4.90 Å². The van der Waals surface area contributed by atoms with E-state index in [4.69, 9.17) is 0 Å². The molecule has 4 aliphatic rings. The van der Waals surface area contributed by atoms with E-state index < -0.39 is 193 Å². The summed E-state index contributed by atoms with van der Waals surface area (Å²) in [6, 6.07) is 9.52. The number of quaternary nitrogens is 1. The van der Waals surface area contributed by atoms with Crippen molar-refractivity contribution in [2.24, 2.45) is 0 Å². The van der Waals surface area contributed by atoms with E-state index in [0.717, 1.165) is 0 Å². The van der Waals surface area contributed by atoms with Crippen molar-refractivity contribution >= 4 is 42.1 Å². The number of unbranched alkanes of at least 4 members (excludes halogenated alkanes) is 3. The van der Waals surface area contributed by atoms with E-state index >= 15 is 70.2 Å². The van der Waals surface area contributed by atoms with Gasteiger partial charge in [0.15, 0.2) is 93.1 Å². The van der Waals surface area contributed by atoms with Crippen LogP contribution < -0.4 is 4.90 Å². The SMILES string of the molecule is CCCCCC[NH+](CCC)c1ccccc1.FC1=C(F)[CH]([Al-]([CH]2C(F)=C(F)c3c2cc(F)c(F)c3F)([CH]2C(F)=C(F)c3c2cc(F)c(F)c3F)[CH]2C(F)=C(F)c3c2cc(F)c(F)c3F)c2cc(F)c(F)c(F)c21. The number of fused-ring (bicyclic) bond motifs is 4. The van der Waals surface area contributed by atoms with Crippen LogP contribution in [0.3, 0.4) is 0 Å². The first-order valence-corrected chi connectivity index (χ1v) is 25.2. The predicted molar refractivity (Wildman–Crippen MR) is 230 cm³/mol. The highest BCUT2D eigenvalue weighted by molar-refractivity contribution is 6.88. The molecule has 0 spiro atoms. The molecule has 0 aliphatic heterocycles. The minimum Gasteiger partial charge on any atom is -0.303 e. The molecule has 73 heavy (non-hydrogen) atoms. The molecule has 0 radical (unpaired) electrons. The van der Waals surface area contributed by atoms with Crippen LogP contribution in [-0.2, 0) is 0 Å². The highest BCUT2D eigenvalue weighted by Crippen LogP contribution is 2.71. The highest BCUT2D eigenvalue weighted by Gasteiger charge is 2.68. The van der Waals surface area contributed by atoms with Crippen LogP contribution in [0.15, 0.2) is 77.9 Å². The van der Waals surface area contributed by atoms with E-state index in [9.17, 15) is 17.6 Å². The Labute approximate surface area is 404 Å². The van der Waals surface area contributed by atoms with Gasteiger partial charge in [-0.25, -0.2) is 87.8 Å². The molecule has 0 heterocycles. The first-order valence-electron chi connectivity index (χ1n) is 22.5. The van der Waals surface area contributed by atoms with Crippen molar-refractivity contribution in [2.45, 2.75) is 65.1 Å². The van der Waals surface area contributed by atoms with Crippen molar-refractivity contribution in [3.05, 3.63) is 192 Å². The summed E-state index contributed by atoms with van der Waals surface area (Å²) in [5.74, 6) is -52.7. The quantitative estimate of drug-likeness (QED) is 0.0550. The Morgan fingerprint density at radius 2 is 0.658 bits per heavy atom. The lowest BCUT2D eigenvalue weighted by Crippen LogP contribution is -3.07. The van der Waals surface area contributed by atoms with Gasteiger partial charge in [0.25, 0.3) is 0 Å². The molecule has 0 bridgehead atoms. The lowest BCUT2D eigenvalue weighted by Gasteiger charge is -2.54. The number of rotatable bonds is 12. The van der Waals surface area contributed by atoms with Gasteiger partial charge in [0, 0.05) is 0 Å². The topological polar surface area (TPSA) is 4.44 Å². The van der Waals surface area contributed by atoms with E-state index in [-0.39, 0.29) is 24.3 Å². The summed E-state index contributed by atoms with van der Waals surface area (Å²) in [6.45, 7) is 7.09. The maximum absolute atomic E-state index is 17.0. The van der Waals surface area contributed by atoms with E-state index in [1.807, 2.05) is 0 Å². The average Bonchev–Trinajstić information content (AvgIpc) is 3.96. The summed E-state index contributed by atoms with van der Waals surface area (Å²) >= 11 is -7.79. The molecule has 5 atom stereocenters. The second-order valence-electron chi connectivity index (χ2n) is 18.0. The number of benzene rings is 5. The number of nitrogens with one attached hydrogen (secondary N) is 1. The zero-order valence-electron chi connectivity index (χ0n) is 37.6. The summed E-state index contributed by atoms with van der Waals surface area (Å²) in [7, 11) is 0. The van der Waals surface area contributed by atoms with Gasteiger partial charge in [-0.2, -0.15) is 0 Å². The second-order valence-corrected chi connectivity index (χ2v) is 23.0. The van der Waals surface area contributed by atoms with E-state index in [2.05, 4.69) is 44.2 Å².